The van der Waals surface area contributed by atoms with Gasteiger partial charge < -0.3 is 14.8 Å². The maximum atomic E-state index is 11.4. The van der Waals surface area contributed by atoms with Gasteiger partial charge in [0.1, 0.15) is 11.0 Å². The predicted molar refractivity (Wildman–Crippen MR) is 105 cm³/mol. The average Bonchev–Trinajstić information content (AvgIpc) is 3.11. The Labute approximate surface area is 166 Å². The molecule has 2 fully saturated rings. The zero-order valence-corrected chi connectivity index (χ0v) is 16.8. The topological polar surface area (TPSA) is 155 Å². The number of aliphatic carboxylic acids is 1. The second-order valence-electron chi connectivity index (χ2n) is 6.22. The number of hydrogen-bond acceptors (Lipinski definition) is 10. The average molecular weight is 434 g/mol. The van der Waals surface area contributed by atoms with E-state index in [0.717, 1.165) is 12.3 Å². The normalized spacial score (nSPS) is 24.4. The molecule has 0 radical (unpaired) electrons. The second-order valence-corrected chi connectivity index (χ2v) is 9.60. The van der Waals surface area contributed by atoms with Crippen molar-refractivity contribution >= 4 is 39.7 Å². The molecule has 1 aromatic heterocycles. The van der Waals surface area contributed by atoms with Gasteiger partial charge in [-0.2, -0.15) is 16.9 Å². The fraction of sp³-hybridized carbons (Fsp3) is 0.600. The van der Waals surface area contributed by atoms with Crippen molar-refractivity contribution in [3.63, 3.8) is 0 Å². The number of hydrogen-bond donors (Lipinski definition) is 2. The first-order valence-electron chi connectivity index (χ1n) is 8.47. The molecule has 156 valence electrons. The molecule has 2 aliphatic rings. The molecule has 1 unspecified atom stereocenters. The monoisotopic (exact) mass is 434 g/mol. The van der Waals surface area contributed by atoms with Crippen LogP contribution in [0.4, 0.5) is 5.88 Å². The summed E-state index contributed by atoms with van der Waals surface area (Å²) >= 11 is 1.69. The van der Waals surface area contributed by atoms with E-state index in [1.807, 2.05) is 0 Å². The molecule has 2 aliphatic heterocycles. The van der Waals surface area contributed by atoms with E-state index in [-0.39, 0.29) is 35.2 Å². The molecule has 13 heteroatoms. The minimum Gasteiger partial charge on any atom is -0.480 e. The van der Waals surface area contributed by atoms with Crippen molar-refractivity contribution in [1.29, 1.82) is 0 Å². The molecule has 1 aromatic rings. The lowest BCUT2D eigenvalue weighted by Gasteiger charge is -2.30. The van der Waals surface area contributed by atoms with Crippen LogP contribution in [0.15, 0.2) is 21.7 Å². The summed E-state index contributed by atoms with van der Waals surface area (Å²) in [7, 11) is -2.98. The lowest BCUT2D eigenvalue weighted by Crippen LogP contribution is -2.43. The van der Waals surface area contributed by atoms with Crippen molar-refractivity contribution in [3.8, 4) is 0 Å². The third-order valence-electron chi connectivity index (χ3n) is 3.98. The van der Waals surface area contributed by atoms with Crippen LogP contribution in [0.5, 0.6) is 0 Å². The Morgan fingerprint density at radius 1 is 1.54 bits per heavy atom. The highest BCUT2D eigenvalue weighted by Crippen LogP contribution is 2.15. The number of nitrogens with zero attached hydrogens (tertiary/aromatic N) is 3. The second kappa shape index (κ2) is 9.89. The van der Waals surface area contributed by atoms with Gasteiger partial charge in [-0.25, -0.2) is 8.42 Å². The number of nitro groups is 1. The quantitative estimate of drug-likeness (QED) is 0.387. The molecular weight excluding hydrogens is 412 g/mol. The largest absolute Gasteiger partial charge is 0.480 e. The van der Waals surface area contributed by atoms with Crippen LogP contribution in [0.3, 0.4) is 0 Å². The van der Waals surface area contributed by atoms with E-state index in [1.54, 1.807) is 23.7 Å². The number of carbonyl (C=O) groups is 1. The van der Waals surface area contributed by atoms with Gasteiger partial charge in [-0.15, -0.1) is 0 Å². The molecule has 0 saturated carbocycles. The van der Waals surface area contributed by atoms with E-state index in [9.17, 15) is 23.3 Å². The lowest BCUT2D eigenvalue weighted by atomic mass is 10.3. The van der Waals surface area contributed by atoms with Gasteiger partial charge in [-0.05, 0) is 13.0 Å². The summed E-state index contributed by atoms with van der Waals surface area (Å²) in [5.74, 6) is 1.03. The van der Waals surface area contributed by atoms with E-state index in [4.69, 9.17) is 9.52 Å². The molecule has 2 atom stereocenters. The van der Waals surface area contributed by atoms with Gasteiger partial charge in [0, 0.05) is 18.1 Å². The Kier molecular flexibility index (Phi) is 7.83. The van der Waals surface area contributed by atoms with Crippen LogP contribution in [0.25, 0.3) is 0 Å². The highest BCUT2D eigenvalue weighted by Gasteiger charge is 2.27. The van der Waals surface area contributed by atoms with E-state index < -0.39 is 20.7 Å². The molecule has 28 heavy (non-hydrogen) atoms. The van der Waals surface area contributed by atoms with Crippen LogP contribution in [-0.2, 0) is 14.6 Å². The number of furan rings is 1. The summed E-state index contributed by atoms with van der Waals surface area (Å²) in [5.41, 5.74) is 0. The Morgan fingerprint density at radius 2 is 2.29 bits per heavy atom. The van der Waals surface area contributed by atoms with Crippen LogP contribution in [0.1, 0.15) is 12.7 Å². The molecule has 11 nitrogen and oxygen atoms in total. The Morgan fingerprint density at radius 3 is 2.79 bits per heavy atom. The van der Waals surface area contributed by atoms with Crippen molar-refractivity contribution < 1.29 is 27.7 Å². The van der Waals surface area contributed by atoms with Gasteiger partial charge >= 0.3 is 11.9 Å². The number of thioether (sulfide) groups is 1. The summed E-state index contributed by atoms with van der Waals surface area (Å²) < 4.78 is 27.7. The summed E-state index contributed by atoms with van der Waals surface area (Å²) in [6.07, 6.45) is 1.35. The molecule has 3 rings (SSSR count). The van der Waals surface area contributed by atoms with E-state index in [0.29, 0.717) is 12.3 Å². The molecule has 0 amide bonds. The van der Waals surface area contributed by atoms with Gasteiger partial charge in [0.05, 0.1) is 36.4 Å². The molecule has 3 heterocycles. The highest BCUT2D eigenvalue weighted by molar-refractivity contribution is 7.99. The molecule has 2 saturated heterocycles. The molecule has 0 bridgehead atoms. The predicted octanol–water partition coefficient (Wildman–Crippen LogP) is 0.417. The van der Waals surface area contributed by atoms with E-state index >= 15 is 0 Å². The molecule has 2 N–H and O–H groups in total. The van der Waals surface area contributed by atoms with Gasteiger partial charge in [0.2, 0.25) is 0 Å². The fourth-order valence-electron chi connectivity index (χ4n) is 2.53. The molecule has 0 aromatic carbocycles. The zero-order valence-electron chi connectivity index (χ0n) is 15.2. The number of carboxylic acids is 1. The first-order chi connectivity index (χ1) is 13.2. The zero-order chi connectivity index (χ0) is 20.7. The highest BCUT2D eigenvalue weighted by atomic mass is 32.2. The van der Waals surface area contributed by atoms with Gasteiger partial charge in [0.25, 0.3) is 0 Å². The number of sulfone groups is 1. The molecule has 0 spiro atoms. The summed E-state index contributed by atoms with van der Waals surface area (Å²) in [5, 5.41) is 27.5. The van der Waals surface area contributed by atoms with Gasteiger partial charge in [-0.3, -0.25) is 19.9 Å². The third kappa shape index (κ3) is 6.80. The Hall–Kier alpha value is -2.12. The number of rotatable bonds is 4. The van der Waals surface area contributed by atoms with Crippen LogP contribution >= 0.6 is 11.8 Å². The maximum Gasteiger partial charge on any atom is 0.433 e. The van der Waals surface area contributed by atoms with Crippen molar-refractivity contribution in [2.24, 2.45) is 5.10 Å². The SMILES string of the molecule is CC1CS(=O)(=O)CCN1/N=C\c1ccc([N+](=O)[O-])o1.O=C(O)[C@@H]1CSCCN1. The van der Waals surface area contributed by atoms with Crippen LogP contribution in [0.2, 0.25) is 0 Å². The van der Waals surface area contributed by atoms with Crippen molar-refractivity contribution in [2.75, 3.05) is 36.1 Å². The third-order valence-corrected chi connectivity index (χ3v) is 6.84. The number of nitrogens with one attached hydrogen (secondary N) is 1. The maximum absolute atomic E-state index is 11.4. The van der Waals surface area contributed by atoms with Crippen molar-refractivity contribution in [3.05, 3.63) is 28.0 Å². The van der Waals surface area contributed by atoms with Crippen molar-refractivity contribution in [1.82, 2.24) is 10.3 Å². The first-order valence-corrected chi connectivity index (χ1v) is 11.4. The lowest BCUT2D eigenvalue weighted by molar-refractivity contribution is -0.402. The first kappa shape index (κ1) is 22.2. The van der Waals surface area contributed by atoms with Gasteiger partial charge in [-0.1, -0.05) is 0 Å². The minimum absolute atomic E-state index is 0.0582. The summed E-state index contributed by atoms with van der Waals surface area (Å²) in [6.45, 7) is 2.89. The van der Waals surface area contributed by atoms with E-state index in [2.05, 4.69) is 10.4 Å². The number of carboxylic acid groups (broad SMARTS) is 1. The fourth-order valence-corrected chi connectivity index (χ4v) is 4.99. The summed E-state index contributed by atoms with van der Waals surface area (Å²) in [6, 6.07) is 2.14. The van der Waals surface area contributed by atoms with Crippen LogP contribution < -0.4 is 5.32 Å². The molecular formula is C15H22N4O7S2. The van der Waals surface area contributed by atoms with Crippen LogP contribution in [-0.4, -0.2) is 83.8 Å². The number of hydrazone groups is 1. The van der Waals surface area contributed by atoms with Crippen LogP contribution in [0, 0.1) is 10.1 Å². The Balaban J connectivity index is 0.000000261. The smallest absolute Gasteiger partial charge is 0.433 e. The molecule has 0 aliphatic carbocycles. The minimum atomic E-state index is -2.98. The standard InChI is InChI=1S/C10H13N3O5S.C5H9NO2S/c1-8-7-19(16,17)5-4-12(8)11-6-9-2-3-10(18-9)13(14)15;7-5(8)4-3-9-2-1-6-4/h2-3,6,8H,4-5,7H2,1H3;4,6H,1-3H2,(H,7,8)/b11-6-;/t;4-/m.0/s1. The summed E-state index contributed by atoms with van der Waals surface area (Å²) in [4.78, 5) is 20.1. The van der Waals surface area contributed by atoms with Crippen molar-refractivity contribution in [2.45, 2.75) is 19.0 Å². The van der Waals surface area contributed by atoms with Gasteiger partial charge in [0.15, 0.2) is 15.6 Å². The van der Waals surface area contributed by atoms with E-state index in [1.165, 1.54) is 18.3 Å². The Bertz CT molecular complexity index is 818.